The maximum Gasteiger partial charge on any atom is 0.523 e. The van der Waals surface area contributed by atoms with Crippen molar-refractivity contribution in [3.05, 3.63) is 46.8 Å². The number of alkyl halides is 3. The number of amidine groups is 1. The molecule has 0 radical (unpaired) electrons. The zero-order valence-corrected chi connectivity index (χ0v) is 19.4. The zero-order valence-electron chi connectivity index (χ0n) is 19.4. The molecular formula is C25H36F3N3O. The zero-order chi connectivity index (χ0) is 23.2. The molecule has 178 valence electrons. The van der Waals surface area contributed by atoms with Crippen LogP contribution in [0.4, 0.5) is 13.2 Å². The highest BCUT2D eigenvalue weighted by molar-refractivity contribution is 5.99. The minimum Gasteiger partial charge on any atom is -0.368 e. The predicted octanol–water partition coefficient (Wildman–Crippen LogP) is 6.30. The van der Waals surface area contributed by atoms with Gasteiger partial charge in [0.15, 0.2) is 0 Å². The molecule has 0 aromatic rings. The summed E-state index contributed by atoms with van der Waals surface area (Å²) in [6.07, 6.45) is 10.9. The molecule has 0 amide bonds. The van der Waals surface area contributed by atoms with Gasteiger partial charge in [0.2, 0.25) is 0 Å². The molecule has 3 aliphatic rings. The van der Waals surface area contributed by atoms with E-state index in [1.54, 1.807) is 18.2 Å². The molecule has 3 rings (SSSR count). The molecule has 2 aliphatic carbocycles. The molecule has 1 fully saturated rings. The molecule has 0 spiro atoms. The Morgan fingerprint density at radius 2 is 2.00 bits per heavy atom. The van der Waals surface area contributed by atoms with Crippen LogP contribution in [0.1, 0.15) is 72.1 Å². The summed E-state index contributed by atoms with van der Waals surface area (Å²) in [6.45, 7) is 6.72. The van der Waals surface area contributed by atoms with E-state index in [0.29, 0.717) is 11.5 Å². The van der Waals surface area contributed by atoms with Crippen molar-refractivity contribution in [2.45, 2.75) is 84.1 Å². The van der Waals surface area contributed by atoms with Gasteiger partial charge in [0.05, 0.1) is 0 Å². The molecule has 1 unspecified atom stereocenters. The third kappa shape index (κ3) is 6.74. The average molecular weight is 452 g/mol. The van der Waals surface area contributed by atoms with E-state index in [9.17, 15) is 13.2 Å². The highest BCUT2D eigenvalue weighted by Gasteiger charge is 2.42. The van der Waals surface area contributed by atoms with Crippen molar-refractivity contribution in [3.8, 4) is 0 Å². The topological polar surface area (TPSA) is 45.6 Å². The predicted molar refractivity (Wildman–Crippen MR) is 123 cm³/mol. The van der Waals surface area contributed by atoms with Crippen molar-refractivity contribution in [1.82, 2.24) is 10.6 Å². The van der Waals surface area contributed by atoms with Crippen LogP contribution >= 0.6 is 0 Å². The molecule has 0 bridgehead atoms. The minimum absolute atomic E-state index is 0.182. The number of aliphatic imine (C=N–C) groups is 1. The summed E-state index contributed by atoms with van der Waals surface area (Å²) in [5.41, 5.74) is 1.44. The van der Waals surface area contributed by atoms with Gasteiger partial charge in [0.1, 0.15) is 17.3 Å². The second-order valence-electron chi connectivity index (χ2n) is 9.20. The van der Waals surface area contributed by atoms with E-state index in [1.807, 2.05) is 0 Å². The molecule has 7 heteroatoms. The van der Waals surface area contributed by atoms with Crippen LogP contribution in [-0.2, 0) is 4.74 Å². The molecule has 4 nitrogen and oxygen atoms in total. The van der Waals surface area contributed by atoms with E-state index < -0.39 is 12.0 Å². The van der Waals surface area contributed by atoms with Gasteiger partial charge in [-0.15, -0.1) is 13.2 Å². The Bertz CT molecular complexity index is 817. The Morgan fingerprint density at radius 1 is 1.25 bits per heavy atom. The highest BCUT2D eigenvalue weighted by Crippen LogP contribution is 2.35. The Balaban J connectivity index is 1.72. The van der Waals surface area contributed by atoms with Crippen LogP contribution in [0.3, 0.4) is 0 Å². The average Bonchev–Trinajstić information content (AvgIpc) is 2.89. The number of hydrogen-bond acceptors (Lipinski definition) is 3. The van der Waals surface area contributed by atoms with Gasteiger partial charge in [-0.1, -0.05) is 50.5 Å². The quantitative estimate of drug-likeness (QED) is 0.478. The van der Waals surface area contributed by atoms with Crippen LogP contribution in [0.25, 0.3) is 0 Å². The third-order valence-corrected chi connectivity index (χ3v) is 6.70. The molecule has 1 aliphatic heterocycles. The Hall–Kier alpha value is -2.02. The van der Waals surface area contributed by atoms with Gasteiger partial charge in [-0.25, -0.2) is 0 Å². The van der Waals surface area contributed by atoms with E-state index >= 15 is 0 Å². The number of ether oxygens (including phenoxy) is 1. The van der Waals surface area contributed by atoms with Crippen LogP contribution < -0.4 is 10.6 Å². The van der Waals surface area contributed by atoms with Gasteiger partial charge in [0.25, 0.3) is 0 Å². The summed E-state index contributed by atoms with van der Waals surface area (Å²) in [5, 5.41) is 6.83. The number of nitrogens with zero attached hydrogens (tertiary/aromatic N) is 1. The molecule has 1 heterocycles. The summed E-state index contributed by atoms with van der Waals surface area (Å²) in [7, 11) is 0. The van der Waals surface area contributed by atoms with Crippen LogP contribution in [0.5, 0.6) is 0 Å². The summed E-state index contributed by atoms with van der Waals surface area (Å²) in [5.74, 6) is 2.33. The lowest BCUT2D eigenvalue weighted by atomic mass is 9.88. The van der Waals surface area contributed by atoms with Gasteiger partial charge in [-0.05, 0) is 68.6 Å². The third-order valence-electron chi connectivity index (χ3n) is 6.70. The normalized spacial score (nSPS) is 26.5. The molecule has 0 aromatic carbocycles. The van der Waals surface area contributed by atoms with Crippen molar-refractivity contribution in [2.75, 3.05) is 13.1 Å². The van der Waals surface area contributed by atoms with Gasteiger partial charge in [0, 0.05) is 13.1 Å². The van der Waals surface area contributed by atoms with Gasteiger partial charge < -0.3 is 10.6 Å². The second-order valence-corrected chi connectivity index (χ2v) is 9.20. The first-order valence-electron chi connectivity index (χ1n) is 11.8. The van der Waals surface area contributed by atoms with E-state index in [1.165, 1.54) is 44.6 Å². The Kier molecular flexibility index (Phi) is 8.26. The van der Waals surface area contributed by atoms with Crippen LogP contribution in [0, 0.1) is 5.92 Å². The molecule has 0 saturated heterocycles. The molecule has 0 aromatic heterocycles. The minimum atomic E-state index is -4.69. The molecule has 1 saturated carbocycles. The summed E-state index contributed by atoms with van der Waals surface area (Å²) in [6, 6.07) is 0. The molecule has 2 N–H and O–H groups in total. The van der Waals surface area contributed by atoms with Crippen LogP contribution in [0.15, 0.2) is 51.8 Å². The maximum absolute atomic E-state index is 13.0. The van der Waals surface area contributed by atoms with Gasteiger partial charge >= 0.3 is 6.36 Å². The standard InChI is InChI=1S/C25H36F3N3O/c1-4-20-14-13-18(2)22(29-16-19-10-6-5-7-11-19)31-23(20)30-17-21-12-8-9-15-24(21,3)32-25(26,27)28/h8-9,12-13,19,30H,4-7,10-11,14-17H2,1-3H3,(H,29,31). The number of hydrogen-bond donors (Lipinski definition) is 2. The van der Waals surface area contributed by atoms with E-state index in [0.717, 1.165) is 36.6 Å². The van der Waals surface area contributed by atoms with Crippen molar-refractivity contribution in [2.24, 2.45) is 10.9 Å². The molecular weight excluding hydrogens is 415 g/mol. The van der Waals surface area contributed by atoms with Crippen molar-refractivity contribution in [3.63, 3.8) is 0 Å². The first kappa shape index (κ1) is 24.6. The maximum atomic E-state index is 13.0. The number of halogens is 3. The number of nitrogens with one attached hydrogen (secondary N) is 2. The van der Waals surface area contributed by atoms with Crippen LogP contribution in [-0.4, -0.2) is 30.9 Å². The summed E-state index contributed by atoms with van der Waals surface area (Å²) in [4.78, 5) is 4.90. The van der Waals surface area contributed by atoms with Crippen LogP contribution in [0.2, 0.25) is 0 Å². The molecule has 1 atom stereocenters. The second kappa shape index (κ2) is 10.7. The molecule has 32 heavy (non-hydrogen) atoms. The summed E-state index contributed by atoms with van der Waals surface area (Å²) >= 11 is 0. The van der Waals surface area contributed by atoms with Crippen molar-refractivity contribution >= 4 is 5.84 Å². The lowest BCUT2D eigenvalue weighted by Crippen LogP contribution is -2.42. The first-order valence-corrected chi connectivity index (χ1v) is 11.8. The highest BCUT2D eigenvalue weighted by atomic mass is 19.4. The first-order chi connectivity index (χ1) is 15.2. The Labute approximate surface area is 189 Å². The fraction of sp³-hybridized carbons (Fsp3) is 0.640. The lowest BCUT2D eigenvalue weighted by Gasteiger charge is -2.34. The number of rotatable bonds is 7. The number of allylic oxidation sites excluding steroid dienone is 4. The van der Waals surface area contributed by atoms with Gasteiger partial charge in [-0.2, -0.15) is 0 Å². The smallest absolute Gasteiger partial charge is 0.368 e. The fourth-order valence-corrected chi connectivity index (χ4v) is 4.60. The monoisotopic (exact) mass is 451 g/mol. The summed E-state index contributed by atoms with van der Waals surface area (Å²) < 4.78 is 43.6. The Morgan fingerprint density at radius 3 is 2.69 bits per heavy atom. The van der Waals surface area contributed by atoms with E-state index in [4.69, 9.17) is 4.99 Å². The van der Waals surface area contributed by atoms with Crippen molar-refractivity contribution < 1.29 is 17.9 Å². The SMILES string of the molecule is CCC1=C(NCC2=CC=CCC2(C)OC(F)(F)F)NC(=NCC2CCCCC2)C(C)=CC1. The largest absolute Gasteiger partial charge is 0.523 e. The van der Waals surface area contributed by atoms with Gasteiger partial charge in [-0.3, -0.25) is 9.73 Å². The van der Waals surface area contributed by atoms with E-state index in [2.05, 4.69) is 35.3 Å². The lowest BCUT2D eigenvalue weighted by molar-refractivity contribution is -0.357. The van der Waals surface area contributed by atoms with Crippen molar-refractivity contribution in [1.29, 1.82) is 0 Å². The fourth-order valence-electron chi connectivity index (χ4n) is 4.60. The van der Waals surface area contributed by atoms with E-state index in [-0.39, 0.29) is 13.0 Å².